The number of hydrogen-bond acceptors (Lipinski definition) is 18. The molecule has 4 aliphatic heterocycles. The van der Waals surface area contributed by atoms with E-state index in [1.165, 1.54) is 7.11 Å². The minimum atomic E-state index is -1.77. The van der Waals surface area contributed by atoms with Crippen LogP contribution in [0.15, 0.2) is 0 Å². The largest absolute Gasteiger partial charge is 0.465 e. The van der Waals surface area contributed by atoms with Crippen LogP contribution in [0, 0.1) is 40.4 Å². The molecule has 4 saturated carbocycles. The number of rotatable bonds is 10. The standard InChI is InChI=1S/C42H68O18/c1-18-35(60-38-33(50)31(48)29(46)26(59-38)17-55-37-32(49)30(47)28(45)25(15-43)58-37)36(53-4)34(51)39(56-18)57-21-7-10-40(2)20(14-21)5-6-24-23(40)8-11-41(3)22(9-12-42(24,41)52)19-13-27(44)54-16-19/h18-26,28-39,43,45-52H,5-17H2,1-4H3/t18-,19+,20+,21-,22+,23-,24+,25+,26+,28+,29+,30-,31-,32+,33+,34+,35-,36-,37+,38-,39-,40-,41+,42-/m0/s1. The third kappa shape index (κ3) is 7.58. The zero-order valence-electron chi connectivity index (χ0n) is 35.0. The van der Waals surface area contributed by atoms with Crippen LogP contribution < -0.4 is 0 Å². The minimum Gasteiger partial charge on any atom is -0.465 e. The van der Waals surface area contributed by atoms with Gasteiger partial charge in [0.25, 0.3) is 0 Å². The van der Waals surface area contributed by atoms with Gasteiger partial charge in [0.1, 0.15) is 67.1 Å². The van der Waals surface area contributed by atoms with Gasteiger partial charge in [-0.1, -0.05) is 13.8 Å². The Morgan fingerprint density at radius 3 is 2.05 bits per heavy atom. The molecule has 0 aromatic carbocycles. The zero-order valence-corrected chi connectivity index (χ0v) is 35.0. The summed E-state index contributed by atoms with van der Waals surface area (Å²) in [5.41, 5.74) is -0.984. The van der Waals surface area contributed by atoms with Crippen molar-refractivity contribution in [2.75, 3.05) is 26.9 Å². The van der Waals surface area contributed by atoms with E-state index in [1.807, 2.05) is 0 Å². The summed E-state index contributed by atoms with van der Waals surface area (Å²) in [6.45, 7) is 5.62. The van der Waals surface area contributed by atoms with Crippen LogP contribution in [0.5, 0.6) is 0 Å². The number of cyclic esters (lactones) is 1. The van der Waals surface area contributed by atoms with Gasteiger partial charge >= 0.3 is 5.97 Å². The molecule has 9 N–H and O–H groups in total. The van der Waals surface area contributed by atoms with Gasteiger partial charge in [0.05, 0.1) is 44.1 Å². The van der Waals surface area contributed by atoms with Gasteiger partial charge in [-0.2, -0.15) is 0 Å². The lowest BCUT2D eigenvalue weighted by molar-refractivity contribution is -0.367. The molecule has 60 heavy (non-hydrogen) atoms. The monoisotopic (exact) mass is 860 g/mol. The average Bonchev–Trinajstić information content (AvgIpc) is 3.78. The molecule has 0 amide bonds. The van der Waals surface area contributed by atoms with Gasteiger partial charge < -0.3 is 83.9 Å². The number of ether oxygens (including phenoxy) is 8. The Hall–Kier alpha value is -1.17. The molecule has 4 heterocycles. The number of fused-ring (bicyclic) bond motifs is 5. The van der Waals surface area contributed by atoms with Gasteiger partial charge in [0.2, 0.25) is 0 Å². The molecule has 0 aromatic rings. The fraction of sp³-hybridized carbons (Fsp3) is 0.976. The summed E-state index contributed by atoms with van der Waals surface area (Å²) >= 11 is 0. The Balaban J connectivity index is 0.871. The molecule has 18 nitrogen and oxygen atoms in total. The molecule has 8 rings (SSSR count). The maximum atomic E-state index is 12.6. The van der Waals surface area contributed by atoms with Gasteiger partial charge in [-0.15, -0.1) is 0 Å². The number of carbonyl (C=O) groups excluding carboxylic acids is 1. The molecule has 4 saturated heterocycles. The minimum absolute atomic E-state index is 0.0222. The molecular formula is C42H68O18. The van der Waals surface area contributed by atoms with E-state index in [0.29, 0.717) is 24.9 Å². The van der Waals surface area contributed by atoms with Crippen LogP contribution in [0.2, 0.25) is 0 Å². The number of carbonyl (C=O) groups is 1. The van der Waals surface area contributed by atoms with Crippen LogP contribution in [-0.4, -0.2) is 183 Å². The molecule has 344 valence electrons. The Bertz CT molecular complexity index is 1510. The fourth-order valence-corrected chi connectivity index (χ4v) is 13.4. The van der Waals surface area contributed by atoms with Gasteiger partial charge in [0.15, 0.2) is 18.9 Å². The van der Waals surface area contributed by atoms with E-state index in [-0.39, 0.29) is 40.7 Å². The smallest absolute Gasteiger partial charge is 0.306 e. The second-order valence-corrected chi connectivity index (χ2v) is 19.7. The fourth-order valence-electron chi connectivity index (χ4n) is 13.4. The summed E-state index contributed by atoms with van der Waals surface area (Å²) in [7, 11) is 1.40. The molecule has 0 unspecified atom stereocenters. The Labute approximate surface area is 350 Å². The van der Waals surface area contributed by atoms with Crippen LogP contribution in [0.25, 0.3) is 0 Å². The summed E-state index contributed by atoms with van der Waals surface area (Å²) in [6, 6.07) is 0. The molecule has 8 fully saturated rings. The molecule has 0 aromatic heterocycles. The lowest BCUT2D eigenvalue weighted by atomic mass is 9.43. The van der Waals surface area contributed by atoms with Crippen molar-refractivity contribution in [2.45, 2.75) is 189 Å². The lowest BCUT2D eigenvalue weighted by Gasteiger charge is -2.64. The summed E-state index contributed by atoms with van der Waals surface area (Å²) in [5, 5.41) is 96.7. The Morgan fingerprint density at radius 1 is 0.700 bits per heavy atom. The second-order valence-electron chi connectivity index (χ2n) is 19.7. The van der Waals surface area contributed by atoms with E-state index in [2.05, 4.69) is 13.8 Å². The first-order valence-corrected chi connectivity index (χ1v) is 22.1. The molecule has 4 aliphatic carbocycles. The molecule has 0 bridgehead atoms. The highest BCUT2D eigenvalue weighted by atomic mass is 16.8. The number of hydrogen-bond donors (Lipinski definition) is 9. The quantitative estimate of drug-likeness (QED) is 0.0926. The highest BCUT2D eigenvalue weighted by molar-refractivity contribution is 5.71. The maximum Gasteiger partial charge on any atom is 0.306 e. The van der Waals surface area contributed by atoms with Crippen LogP contribution in [0.3, 0.4) is 0 Å². The summed E-state index contributed by atoms with van der Waals surface area (Å²) < 4.78 is 46.7. The van der Waals surface area contributed by atoms with E-state index in [0.717, 1.165) is 57.8 Å². The van der Waals surface area contributed by atoms with Crippen LogP contribution in [0.4, 0.5) is 0 Å². The highest BCUT2D eigenvalue weighted by Gasteiger charge is 2.68. The molecular weight excluding hydrogens is 792 g/mol. The van der Waals surface area contributed by atoms with Gasteiger partial charge in [-0.25, -0.2) is 0 Å². The summed E-state index contributed by atoms with van der Waals surface area (Å²) in [5.74, 6) is 1.26. The average molecular weight is 861 g/mol. The Kier molecular flexibility index (Phi) is 13.1. The normalized spacial score (nSPS) is 55.8. The van der Waals surface area contributed by atoms with Crippen molar-refractivity contribution in [3.05, 3.63) is 0 Å². The first-order valence-electron chi connectivity index (χ1n) is 22.1. The second kappa shape index (κ2) is 17.3. The number of aliphatic hydroxyl groups is 9. The van der Waals surface area contributed by atoms with Gasteiger partial charge in [-0.05, 0) is 99.2 Å². The predicted molar refractivity (Wildman–Crippen MR) is 203 cm³/mol. The van der Waals surface area contributed by atoms with E-state index in [4.69, 9.17) is 37.9 Å². The van der Waals surface area contributed by atoms with Gasteiger partial charge in [-0.3, -0.25) is 4.79 Å². The van der Waals surface area contributed by atoms with Crippen LogP contribution in [0.1, 0.15) is 85.0 Å². The van der Waals surface area contributed by atoms with Crippen molar-refractivity contribution in [3.8, 4) is 0 Å². The van der Waals surface area contributed by atoms with Crippen molar-refractivity contribution in [1.82, 2.24) is 0 Å². The zero-order chi connectivity index (χ0) is 43.1. The van der Waals surface area contributed by atoms with E-state index >= 15 is 0 Å². The predicted octanol–water partition coefficient (Wildman–Crippen LogP) is -1.16. The topological polar surface area (TPSA) is 273 Å². The third-order valence-electron chi connectivity index (χ3n) is 16.9. The maximum absolute atomic E-state index is 12.6. The summed E-state index contributed by atoms with van der Waals surface area (Å²) in [4.78, 5) is 12.0. The van der Waals surface area contributed by atoms with Crippen molar-refractivity contribution < 1.29 is 88.6 Å². The van der Waals surface area contributed by atoms with E-state index < -0.39 is 111 Å². The molecule has 18 heteroatoms. The van der Waals surface area contributed by atoms with Gasteiger partial charge in [0, 0.05) is 13.0 Å². The first kappa shape index (κ1) is 45.4. The molecule has 24 atom stereocenters. The van der Waals surface area contributed by atoms with Crippen molar-refractivity contribution in [3.63, 3.8) is 0 Å². The summed E-state index contributed by atoms with van der Waals surface area (Å²) in [6.07, 6.45) is -12.8. The lowest BCUT2D eigenvalue weighted by Crippen LogP contribution is -2.65. The van der Waals surface area contributed by atoms with Crippen LogP contribution >= 0.6 is 0 Å². The highest BCUT2D eigenvalue weighted by Crippen LogP contribution is 2.70. The molecule has 0 spiro atoms. The number of methoxy groups -OCH3 is 1. The number of aliphatic hydroxyl groups excluding tert-OH is 8. The SMILES string of the molecule is CO[C@H]1[C@@H](O)[C@H](O[C@H]2CC[C@@]3(C)[C@H](CC[C@@H]4[C@@H]3CC[C@]3(C)[C@@H]([C@H]5COC(=O)C5)CC[C@]43O)C2)O[C@@H](C)[C@@H]1O[C@@H]1O[C@H](CO[C@@H]2O[C@H](CO)[C@@H](O)[C@H](O)[C@H]2O)[C@@H](O)[C@H](O)[C@H]1O. The third-order valence-corrected chi connectivity index (χ3v) is 16.9. The number of esters is 1. The van der Waals surface area contributed by atoms with E-state index in [1.54, 1.807) is 6.92 Å². The Morgan fingerprint density at radius 2 is 1.37 bits per heavy atom. The molecule has 8 aliphatic rings. The first-order chi connectivity index (χ1) is 28.4. The molecule has 0 radical (unpaired) electrons. The van der Waals surface area contributed by atoms with Crippen molar-refractivity contribution in [2.24, 2.45) is 40.4 Å². The van der Waals surface area contributed by atoms with Crippen molar-refractivity contribution >= 4 is 5.97 Å². The van der Waals surface area contributed by atoms with Crippen molar-refractivity contribution in [1.29, 1.82) is 0 Å². The van der Waals surface area contributed by atoms with Crippen LogP contribution in [-0.2, 0) is 42.7 Å². The van der Waals surface area contributed by atoms with E-state index in [9.17, 15) is 50.8 Å².